The van der Waals surface area contributed by atoms with Gasteiger partial charge in [-0.2, -0.15) is 5.26 Å². The fourth-order valence-electron chi connectivity index (χ4n) is 4.22. The molecule has 2 aliphatic rings. The van der Waals surface area contributed by atoms with E-state index in [0.717, 1.165) is 33.4 Å². The number of hydrogen-bond donors (Lipinski definition) is 0. The number of nitriles is 1. The maximum atomic E-state index is 13.2. The third-order valence-corrected chi connectivity index (χ3v) is 6.06. The highest BCUT2D eigenvalue weighted by molar-refractivity contribution is 9.10. The molecule has 2 aromatic rings. The summed E-state index contributed by atoms with van der Waals surface area (Å²) in [5.41, 5.74) is 4.57. The number of hydrogen-bond acceptors (Lipinski definition) is 3. The smallest absolute Gasteiger partial charge is 0.161 e. The molecule has 1 unspecified atom stereocenters. The molecule has 3 nitrogen and oxygen atoms in total. The Morgan fingerprint density at radius 3 is 2.41 bits per heavy atom. The van der Waals surface area contributed by atoms with Crippen molar-refractivity contribution in [3.05, 3.63) is 81.5 Å². The van der Waals surface area contributed by atoms with E-state index in [2.05, 4.69) is 34.1 Å². The minimum Gasteiger partial charge on any atom is -0.294 e. The number of benzene rings is 2. The first-order chi connectivity index (χ1) is 13.1. The fourth-order valence-corrected chi connectivity index (χ4v) is 4.48. The third kappa shape index (κ3) is 3.28. The van der Waals surface area contributed by atoms with Crippen molar-refractivity contribution in [2.24, 2.45) is 10.9 Å². The van der Waals surface area contributed by atoms with Gasteiger partial charge in [0, 0.05) is 33.8 Å². The summed E-state index contributed by atoms with van der Waals surface area (Å²) in [7, 11) is 0. The molecule has 1 aliphatic heterocycles. The SMILES string of the molecule is CC1=NC2=C(C(=O)C[C@@H](c3ccccc3)C2)[C@H](c2ccc(Br)cc2)C1C#N. The molecular formula is C23H19BrN2O. The van der Waals surface area contributed by atoms with Crippen LogP contribution in [0.5, 0.6) is 0 Å². The Hall–Kier alpha value is -2.51. The molecule has 0 saturated heterocycles. The average molecular weight is 419 g/mol. The van der Waals surface area contributed by atoms with Crippen molar-refractivity contribution in [1.29, 1.82) is 5.26 Å². The molecule has 0 spiro atoms. The molecule has 0 saturated carbocycles. The zero-order valence-corrected chi connectivity index (χ0v) is 16.6. The van der Waals surface area contributed by atoms with Crippen LogP contribution in [0.2, 0.25) is 0 Å². The number of Topliss-reactive ketones (excluding diaryl/α,β-unsaturated/α-hetero) is 1. The first-order valence-electron chi connectivity index (χ1n) is 9.10. The number of carbonyl (C=O) groups excluding carboxylic acids is 1. The maximum Gasteiger partial charge on any atom is 0.161 e. The van der Waals surface area contributed by atoms with E-state index in [1.54, 1.807) is 0 Å². The summed E-state index contributed by atoms with van der Waals surface area (Å²) in [5.74, 6) is -0.366. The quantitative estimate of drug-likeness (QED) is 0.641. The monoisotopic (exact) mass is 418 g/mol. The number of carbonyl (C=O) groups is 1. The maximum absolute atomic E-state index is 13.2. The van der Waals surface area contributed by atoms with Crippen LogP contribution in [0.3, 0.4) is 0 Å². The van der Waals surface area contributed by atoms with E-state index < -0.39 is 5.92 Å². The van der Waals surface area contributed by atoms with E-state index in [0.29, 0.717) is 6.42 Å². The standard InChI is InChI=1S/C23H19BrN2O/c1-14-19(13-25)22(16-7-9-18(24)10-8-16)23-20(26-14)11-17(12-21(23)27)15-5-3-2-4-6-15/h2-10,17,19,22H,11-12H2,1H3/t17-,19?,22+/m0/s1. The van der Waals surface area contributed by atoms with E-state index in [-0.39, 0.29) is 17.6 Å². The molecule has 0 aromatic heterocycles. The predicted octanol–water partition coefficient (Wildman–Crippen LogP) is 5.55. The molecule has 0 fully saturated rings. The van der Waals surface area contributed by atoms with Gasteiger partial charge in [0.15, 0.2) is 5.78 Å². The zero-order valence-electron chi connectivity index (χ0n) is 15.0. The summed E-state index contributed by atoms with van der Waals surface area (Å²) >= 11 is 3.46. The lowest BCUT2D eigenvalue weighted by atomic mass is 9.70. The molecule has 2 aromatic carbocycles. The highest BCUT2D eigenvalue weighted by Crippen LogP contribution is 2.46. The van der Waals surface area contributed by atoms with Crippen LogP contribution in [0.15, 0.2) is 75.3 Å². The molecular weight excluding hydrogens is 400 g/mol. The summed E-state index contributed by atoms with van der Waals surface area (Å²) < 4.78 is 0.981. The van der Waals surface area contributed by atoms with Gasteiger partial charge in [-0.15, -0.1) is 0 Å². The second kappa shape index (κ2) is 7.25. The van der Waals surface area contributed by atoms with E-state index in [1.165, 1.54) is 5.56 Å². The molecule has 0 bridgehead atoms. The minimum absolute atomic E-state index is 0.120. The lowest BCUT2D eigenvalue weighted by Gasteiger charge is -2.35. The summed E-state index contributed by atoms with van der Waals surface area (Å²) in [4.78, 5) is 17.9. The van der Waals surface area contributed by atoms with Crippen LogP contribution < -0.4 is 0 Å². The van der Waals surface area contributed by atoms with E-state index in [4.69, 9.17) is 4.99 Å². The predicted molar refractivity (Wildman–Crippen MR) is 110 cm³/mol. The van der Waals surface area contributed by atoms with E-state index in [9.17, 15) is 10.1 Å². The Bertz CT molecular complexity index is 983. The van der Waals surface area contributed by atoms with Gasteiger partial charge in [-0.05, 0) is 42.5 Å². The molecule has 4 rings (SSSR count). The van der Waals surface area contributed by atoms with Crippen LogP contribution in [-0.2, 0) is 4.79 Å². The van der Waals surface area contributed by atoms with E-state index >= 15 is 0 Å². The average Bonchev–Trinajstić information content (AvgIpc) is 2.68. The lowest BCUT2D eigenvalue weighted by Crippen LogP contribution is -2.32. The minimum atomic E-state index is -0.401. The first-order valence-corrected chi connectivity index (χ1v) is 9.89. The van der Waals surface area contributed by atoms with Gasteiger partial charge in [-0.25, -0.2) is 0 Å². The number of ketones is 1. The summed E-state index contributed by atoms with van der Waals surface area (Å²) in [6, 6.07) is 20.5. The van der Waals surface area contributed by atoms with Crippen molar-refractivity contribution >= 4 is 27.4 Å². The van der Waals surface area contributed by atoms with Crippen molar-refractivity contribution < 1.29 is 4.79 Å². The van der Waals surface area contributed by atoms with Crippen molar-refractivity contribution in [3.63, 3.8) is 0 Å². The van der Waals surface area contributed by atoms with Gasteiger partial charge in [0.25, 0.3) is 0 Å². The van der Waals surface area contributed by atoms with Crippen molar-refractivity contribution in [2.75, 3.05) is 0 Å². The summed E-state index contributed by atoms with van der Waals surface area (Å²) in [5, 5.41) is 9.78. The molecule has 0 radical (unpaired) electrons. The number of rotatable bonds is 2. The van der Waals surface area contributed by atoms with Crippen LogP contribution in [0, 0.1) is 17.2 Å². The van der Waals surface area contributed by atoms with Crippen molar-refractivity contribution in [3.8, 4) is 6.07 Å². The van der Waals surface area contributed by atoms with Gasteiger partial charge in [-0.1, -0.05) is 58.4 Å². The molecule has 27 heavy (non-hydrogen) atoms. The fraction of sp³-hybridized carbons (Fsp3) is 0.261. The number of halogens is 1. The molecule has 134 valence electrons. The normalized spacial score (nSPS) is 24.9. The van der Waals surface area contributed by atoms with Crippen LogP contribution >= 0.6 is 15.9 Å². The van der Waals surface area contributed by atoms with Crippen molar-refractivity contribution in [1.82, 2.24) is 0 Å². The van der Waals surface area contributed by atoms with Crippen LogP contribution in [0.25, 0.3) is 0 Å². The van der Waals surface area contributed by atoms with Crippen LogP contribution in [0.4, 0.5) is 0 Å². The van der Waals surface area contributed by atoms with Gasteiger partial charge >= 0.3 is 0 Å². The Kier molecular flexibility index (Phi) is 4.80. The van der Waals surface area contributed by atoms with E-state index in [1.807, 2.05) is 49.4 Å². The molecule has 1 heterocycles. The Morgan fingerprint density at radius 1 is 1.04 bits per heavy atom. The topological polar surface area (TPSA) is 53.2 Å². The Morgan fingerprint density at radius 2 is 1.74 bits per heavy atom. The molecule has 4 heteroatoms. The summed E-state index contributed by atoms with van der Waals surface area (Å²) in [6.45, 7) is 1.90. The largest absolute Gasteiger partial charge is 0.294 e. The number of allylic oxidation sites excluding steroid dienone is 2. The van der Waals surface area contributed by atoms with Crippen LogP contribution in [-0.4, -0.2) is 11.5 Å². The Labute approximate surface area is 167 Å². The highest BCUT2D eigenvalue weighted by atomic mass is 79.9. The molecule has 1 aliphatic carbocycles. The first kappa shape index (κ1) is 17.9. The van der Waals surface area contributed by atoms with Gasteiger partial charge in [-0.3, -0.25) is 9.79 Å². The molecule has 0 N–H and O–H groups in total. The second-order valence-corrected chi connectivity index (χ2v) is 8.10. The third-order valence-electron chi connectivity index (χ3n) is 5.53. The van der Waals surface area contributed by atoms with Gasteiger partial charge in [0.2, 0.25) is 0 Å². The lowest BCUT2D eigenvalue weighted by molar-refractivity contribution is -0.116. The number of nitrogens with zero attached hydrogens (tertiary/aromatic N) is 2. The zero-order chi connectivity index (χ0) is 19.0. The number of aliphatic imine (C=N–C) groups is 1. The molecule has 0 amide bonds. The highest BCUT2D eigenvalue weighted by Gasteiger charge is 2.41. The summed E-state index contributed by atoms with van der Waals surface area (Å²) in [6.07, 6.45) is 1.22. The van der Waals surface area contributed by atoms with Gasteiger partial charge < -0.3 is 0 Å². The van der Waals surface area contributed by atoms with Crippen LogP contribution in [0.1, 0.15) is 42.7 Å². The Balaban J connectivity index is 1.79. The van der Waals surface area contributed by atoms with Gasteiger partial charge in [0.05, 0.1) is 12.0 Å². The second-order valence-electron chi connectivity index (χ2n) is 7.19. The van der Waals surface area contributed by atoms with Crippen molar-refractivity contribution in [2.45, 2.75) is 31.6 Å². The molecule has 3 atom stereocenters. The van der Waals surface area contributed by atoms with Gasteiger partial charge in [0.1, 0.15) is 0 Å².